The minimum atomic E-state index is -3.82. The highest BCUT2D eigenvalue weighted by Crippen LogP contribution is 2.19. The molecular weight excluding hydrogens is 955 g/mol. The molecule has 0 aromatic carbocycles. The van der Waals surface area contributed by atoms with Crippen molar-refractivity contribution >= 4 is 97.2 Å². The van der Waals surface area contributed by atoms with Gasteiger partial charge in [-0.15, -0.1) is 30.6 Å². The van der Waals surface area contributed by atoms with E-state index in [1.165, 1.54) is 39.0 Å². The Kier molecular flexibility index (Phi) is 22.2. The first-order chi connectivity index (χ1) is 29.0. The van der Waals surface area contributed by atoms with Crippen LogP contribution in [0.25, 0.3) is 0 Å². The number of nitrogens with one attached hydrogen (secondary N) is 6. The zero-order valence-electron chi connectivity index (χ0n) is 33.5. The molecule has 0 saturated heterocycles. The van der Waals surface area contributed by atoms with E-state index in [1.807, 2.05) is 39.0 Å². The number of aromatic amines is 3. The highest BCUT2D eigenvalue weighted by atomic mass is 32.3. The van der Waals surface area contributed by atoms with Crippen LogP contribution in [0, 0.1) is 20.8 Å². The Morgan fingerprint density at radius 2 is 0.683 bits per heavy atom. The summed E-state index contributed by atoms with van der Waals surface area (Å²) in [5.74, 6) is -1.05. The van der Waals surface area contributed by atoms with Crippen LogP contribution in [0.5, 0.6) is 0 Å². The Morgan fingerprint density at radius 3 is 0.810 bits per heavy atom. The first kappa shape index (κ1) is 54.7. The van der Waals surface area contributed by atoms with E-state index in [1.54, 1.807) is 18.2 Å². The summed E-state index contributed by atoms with van der Waals surface area (Å²) in [7, 11) is -11.5. The Morgan fingerprint density at radius 1 is 0.460 bits per heavy atom. The number of aryl methyl sites for hydroxylation is 3. The van der Waals surface area contributed by atoms with Gasteiger partial charge in [-0.3, -0.25) is 28.8 Å². The van der Waals surface area contributed by atoms with Gasteiger partial charge in [-0.2, -0.15) is 0 Å². The minimum absolute atomic E-state index is 0.0370. The number of anilines is 3. The lowest BCUT2D eigenvalue weighted by Crippen LogP contribution is -2.11. The van der Waals surface area contributed by atoms with Crippen LogP contribution in [-0.4, -0.2) is 88.5 Å². The van der Waals surface area contributed by atoms with E-state index in [4.69, 9.17) is 15.4 Å². The number of amides is 3. The molecule has 0 saturated carbocycles. The number of rotatable bonds is 6. The van der Waals surface area contributed by atoms with Gasteiger partial charge in [0.25, 0.3) is 30.1 Å². The number of nitrogens with two attached hydrogens (primary N) is 3. The number of aromatic nitrogens is 9. The van der Waals surface area contributed by atoms with E-state index >= 15 is 0 Å². The SMILES string of the molecule is CC(=O)Nc1nnc(S(N)(=O)=O)s1.CC(=O)Nc1nnc(S(N)(=O)=O)s1.CC(=O)Nc1nnc(S(N)(=O)=O)s1.Cc1cccc(=O)[nH]1.Cc1cccc(=O)[nH]1.Cc1cccc(=O)[nH]1. The van der Waals surface area contributed by atoms with Crippen molar-refractivity contribution in [1.29, 1.82) is 0 Å². The second kappa shape index (κ2) is 25.6. The summed E-state index contributed by atoms with van der Waals surface area (Å²) in [6.07, 6.45) is 0. The van der Waals surface area contributed by atoms with E-state index < -0.39 is 30.1 Å². The van der Waals surface area contributed by atoms with E-state index in [2.05, 4.69) is 61.5 Å². The highest BCUT2D eigenvalue weighted by Gasteiger charge is 2.17. The molecule has 0 unspecified atom stereocenters. The molecule has 0 aliphatic carbocycles. The topological polar surface area (TPSA) is 444 Å². The Balaban J connectivity index is 0.000000383. The van der Waals surface area contributed by atoms with Crippen molar-refractivity contribution in [3.05, 3.63) is 103 Å². The first-order valence-electron chi connectivity index (χ1n) is 16.4. The molecule has 33 heteroatoms. The van der Waals surface area contributed by atoms with Crippen LogP contribution in [0.15, 0.2) is 82.0 Å². The number of carbonyl (C=O) groups is 3. The van der Waals surface area contributed by atoms with Crippen molar-refractivity contribution in [2.75, 3.05) is 16.0 Å². The molecule has 0 bridgehead atoms. The van der Waals surface area contributed by atoms with Crippen LogP contribution in [0.3, 0.4) is 0 Å². The van der Waals surface area contributed by atoms with Crippen molar-refractivity contribution < 1.29 is 39.6 Å². The summed E-state index contributed by atoms with van der Waals surface area (Å²) in [4.78, 5) is 70.7. The number of hydrogen-bond donors (Lipinski definition) is 9. The first-order valence-corrected chi connectivity index (χ1v) is 23.5. The average Bonchev–Trinajstić information content (AvgIpc) is 3.91. The van der Waals surface area contributed by atoms with Crippen molar-refractivity contribution in [3.8, 4) is 0 Å². The number of pyridine rings is 3. The molecule has 342 valence electrons. The van der Waals surface area contributed by atoms with Gasteiger partial charge in [-0.25, -0.2) is 40.7 Å². The van der Waals surface area contributed by atoms with Gasteiger partial charge in [-0.05, 0) is 39.0 Å². The van der Waals surface area contributed by atoms with Gasteiger partial charge in [0.05, 0.1) is 0 Å². The maximum absolute atomic E-state index is 10.7. The number of sulfonamides is 3. The molecule has 6 heterocycles. The third kappa shape index (κ3) is 24.6. The Hall–Kier alpha value is -6.33. The maximum atomic E-state index is 10.7. The maximum Gasteiger partial charge on any atom is 0.267 e. The van der Waals surface area contributed by atoms with Crippen LogP contribution < -0.4 is 48.0 Å². The normalized spacial score (nSPS) is 10.4. The second-order valence-corrected chi connectivity index (χ2v) is 19.5. The fourth-order valence-electron chi connectivity index (χ4n) is 3.25. The third-order valence-corrected chi connectivity index (χ3v) is 12.0. The van der Waals surface area contributed by atoms with Crippen molar-refractivity contribution in [3.63, 3.8) is 0 Å². The van der Waals surface area contributed by atoms with Crippen LogP contribution >= 0.6 is 34.0 Å². The van der Waals surface area contributed by atoms with Gasteiger partial charge < -0.3 is 30.9 Å². The molecule has 0 spiro atoms. The van der Waals surface area contributed by atoms with Gasteiger partial charge in [0.1, 0.15) is 0 Å². The molecule has 6 rings (SSSR count). The van der Waals surface area contributed by atoms with Crippen LogP contribution in [0.2, 0.25) is 0 Å². The molecule has 0 atom stereocenters. The highest BCUT2D eigenvalue weighted by molar-refractivity contribution is 7.91. The van der Waals surface area contributed by atoms with E-state index in [-0.39, 0.29) is 62.8 Å². The summed E-state index contributed by atoms with van der Waals surface area (Å²) in [5, 5.41) is 41.5. The quantitative estimate of drug-likeness (QED) is 0.0948. The number of carbonyl (C=O) groups excluding carboxylic acids is 3. The number of primary sulfonamides is 3. The zero-order chi connectivity index (χ0) is 48.1. The van der Waals surface area contributed by atoms with Gasteiger partial charge in [0.15, 0.2) is 0 Å². The fourth-order valence-corrected chi connectivity index (χ4v) is 7.39. The summed E-state index contributed by atoms with van der Waals surface area (Å²) >= 11 is 2.10. The van der Waals surface area contributed by atoms with Gasteiger partial charge >= 0.3 is 0 Å². The van der Waals surface area contributed by atoms with Crippen LogP contribution in [0.4, 0.5) is 15.4 Å². The van der Waals surface area contributed by atoms with Crippen molar-refractivity contribution in [2.24, 2.45) is 15.4 Å². The number of nitrogens with zero attached hydrogens (tertiary/aromatic N) is 6. The fraction of sp³-hybridized carbons (Fsp3) is 0.200. The molecule has 0 aliphatic rings. The molecule has 0 radical (unpaired) electrons. The summed E-state index contributed by atoms with van der Waals surface area (Å²) in [5.41, 5.74) is 2.59. The van der Waals surface area contributed by atoms with Crippen LogP contribution in [0.1, 0.15) is 37.9 Å². The second-order valence-electron chi connectivity index (χ2n) is 11.4. The van der Waals surface area contributed by atoms with Gasteiger partial charge in [0, 0.05) is 56.1 Å². The predicted molar refractivity (Wildman–Crippen MR) is 232 cm³/mol. The lowest BCUT2D eigenvalue weighted by Gasteiger charge is -1.90. The van der Waals surface area contributed by atoms with E-state index in [9.17, 15) is 54.0 Å². The number of H-pyrrole nitrogens is 3. The Bertz CT molecular complexity index is 2660. The zero-order valence-corrected chi connectivity index (χ0v) is 38.4. The molecule has 6 aromatic heterocycles. The molecule has 12 N–H and O–H groups in total. The third-order valence-electron chi connectivity index (χ3n) is 5.54. The van der Waals surface area contributed by atoms with Crippen molar-refractivity contribution in [2.45, 2.75) is 54.6 Å². The average molecular weight is 994 g/mol. The summed E-state index contributed by atoms with van der Waals surface area (Å²) in [6, 6.07) is 15.2. The monoisotopic (exact) mass is 993 g/mol. The molecule has 63 heavy (non-hydrogen) atoms. The summed E-state index contributed by atoms with van der Waals surface area (Å²) in [6.45, 7) is 9.37. The molecule has 0 aliphatic heterocycles. The predicted octanol–water partition coefficient (Wildman–Crippen LogP) is -0.518. The van der Waals surface area contributed by atoms with Crippen LogP contribution in [-0.2, 0) is 44.5 Å². The van der Waals surface area contributed by atoms with E-state index in [0.717, 1.165) is 17.1 Å². The smallest absolute Gasteiger partial charge is 0.267 e. The minimum Gasteiger partial charge on any atom is -0.327 e. The van der Waals surface area contributed by atoms with Crippen molar-refractivity contribution in [1.82, 2.24) is 45.5 Å². The molecule has 27 nitrogen and oxygen atoms in total. The summed E-state index contributed by atoms with van der Waals surface area (Å²) < 4.78 is 63.3. The standard InChI is InChI=1S/3C6H7NO.3C4H6N4O3S2/c3*1-5-3-2-4-6(8)7-5;3*1-2(9)6-3-7-8-4(12-3)13(5,10)11/h3*2-4H,1H3,(H,7,8);3*1H3,(H2,5,10,11)(H,6,7,9). The molecular formula is C30H39N15O12S6. The number of hydrogen-bond acceptors (Lipinski definition) is 21. The van der Waals surface area contributed by atoms with Gasteiger partial charge in [0.2, 0.25) is 62.8 Å². The lowest BCUT2D eigenvalue weighted by molar-refractivity contribution is -0.115. The Labute approximate surface area is 369 Å². The lowest BCUT2D eigenvalue weighted by atomic mass is 10.4. The van der Waals surface area contributed by atoms with Gasteiger partial charge in [-0.1, -0.05) is 52.2 Å². The molecule has 6 aromatic rings. The van der Waals surface area contributed by atoms with E-state index in [0.29, 0.717) is 34.0 Å². The molecule has 3 amide bonds. The largest absolute Gasteiger partial charge is 0.327 e. The molecule has 0 fully saturated rings.